The van der Waals surface area contributed by atoms with E-state index in [1.165, 1.54) is 11.8 Å². The van der Waals surface area contributed by atoms with Crippen LogP contribution in [0, 0.1) is 0 Å². The zero-order valence-corrected chi connectivity index (χ0v) is 9.14. The quantitative estimate of drug-likeness (QED) is 0.595. The Morgan fingerprint density at radius 3 is 2.94 bits per heavy atom. The van der Waals surface area contributed by atoms with E-state index in [0.29, 0.717) is 17.4 Å². The van der Waals surface area contributed by atoms with Gasteiger partial charge in [0.05, 0.1) is 0 Å². The first kappa shape index (κ1) is 11.1. The number of hydrogen-bond acceptors (Lipinski definition) is 3. The number of nitrogens with zero attached hydrogens (tertiary/aromatic N) is 1. The van der Waals surface area contributed by atoms with E-state index in [1.54, 1.807) is 0 Å². The Balaban J connectivity index is 1.97. The van der Waals surface area contributed by atoms with Gasteiger partial charge in [0.25, 0.3) is 11.3 Å². The van der Waals surface area contributed by atoms with Crippen molar-refractivity contribution in [2.24, 2.45) is 0 Å². The van der Waals surface area contributed by atoms with Gasteiger partial charge in [0.1, 0.15) is 5.52 Å². The number of rotatable bonds is 4. The van der Waals surface area contributed by atoms with Crippen LogP contribution in [0.5, 0.6) is 0 Å². The van der Waals surface area contributed by atoms with Crippen LogP contribution < -0.4 is 0 Å². The summed E-state index contributed by atoms with van der Waals surface area (Å²) in [6, 6.07) is 7.42. The number of para-hydroxylation sites is 2. The molecular formula is C11H9F2NOS. The standard InChI is InChI=1S/C11H9F2NOS/c12-10(13)6-3-7-16-11-14-8-4-1-2-5-9(8)15-11/h1-2,4-6H,3,7H2. The number of fused-ring (bicyclic) bond motifs is 1. The average molecular weight is 241 g/mol. The van der Waals surface area contributed by atoms with E-state index in [2.05, 4.69) is 4.98 Å². The van der Waals surface area contributed by atoms with Crippen molar-refractivity contribution in [3.8, 4) is 0 Å². The topological polar surface area (TPSA) is 26.0 Å². The van der Waals surface area contributed by atoms with Crippen molar-refractivity contribution in [1.29, 1.82) is 0 Å². The number of benzene rings is 1. The van der Waals surface area contributed by atoms with Crippen molar-refractivity contribution in [2.75, 3.05) is 5.75 Å². The smallest absolute Gasteiger partial charge is 0.266 e. The van der Waals surface area contributed by atoms with E-state index in [9.17, 15) is 8.78 Å². The SMILES string of the molecule is FC(F)=CCCSc1nc2ccccc2o1. The molecule has 1 aromatic heterocycles. The Morgan fingerprint density at radius 2 is 2.19 bits per heavy atom. The second-order valence-electron chi connectivity index (χ2n) is 3.08. The van der Waals surface area contributed by atoms with Crippen LogP contribution in [0.2, 0.25) is 0 Å². The maximum atomic E-state index is 11.7. The van der Waals surface area contributed by atoms with Crippen LogP contribution >= 0.6 is 11.8 Å². The molecular weight excluding hydrogens is 232 g/mol. The molecule has 0 N–H and O–H groups in total. The second kappa shape index (κ2) is 5.12. The van der Waals surface area contributed by atoms with Crippen molar-refractivity contribution in [3.05, 3.63) is 36.4 Å². The first-order chi connectivity index (χ1) is 7.75. The third-order valence-corrected chi connectivity index (χ3v) is 2.78. The fourth-order valence-electron chi connectivity index (χ4n) is 1.23. The van der Waals surface area contributed by atoms with E-state index >= 15 is 0 Å². The molecule has 0 spiro atoms. The van der Waals surface area contributed by atoms with Crippen molar-refractivity contribution in [1.82, 2.24) is 4.98 Å². The molecule has 5 heteroatoms. The van der Waals surface area contributed by atoms with E-state index in [1.807, 2.05) is 24.3 Å². The van der Waals surface area contributed by atoms with Crippen molar-refractivity contribution < 1.29 is 13.2 Å². The van der Waals surface area contributed by atoms with Gasteiger partial charge in [-0.15, -0.1) is 0 Å². The lowest BCUT2D eigenvalue weighted by atomic mass is 10.3. The molecule has 16 heavy (non-hydrogen) atoms. The zero-order chi connectivity index (χ0) is 11.4. The predicted octanol–water partition coefficient (Wildman–Crippen LogP) is 4.09. The maximum Gasteiger partial charge on any atom is 0.266 e. The molecule has 0 bridgehead atoms. The molecule has 0 amide bonds. The molecule has 0 fully saturated rings. The summed E-state index contributed by atoms with van der Waals surface area (Å²) >= 11 is 1.33. The van der Waals surface area contributed by atoms with Crippen LogP contribution in [0.25, 0.3) is 11.1 Å². The Hall–Kier alpha value is -1.36. The molecule has 2 aromatic rings. The highest BCUT2D eigenvalue weighted by Gasteiger charge is 2.04. The van der Waals surface area contributed by atoms with Gasteiger partial charge in [-0.25, -0.2) is 4.98 Å². The fraction of sp³-hybridized carbons (Fsp3) is 0.182. The number of thioether (sulfide) groups is 1. The van der Waals surface area contributed by atoms with Gasteiger partial charge in [0.2, 0.25) is 0 Å². The third-order valence-electron chi connectivity index (χ3n) is 1.92. The summed E-state index contributed by atoms with van der Waals surface area (Å²) in [7, 11) is 0. The summed E-state index contributed by atoms with van der Waals surface area (Å²) in [5.41, 5.74) is 1.51. The van der Waals surface area contributed by atoms with Gasteiger partial charge in [-0.05, 0) is 24.6 Å². The van der Waals surface area contributed by atoms with E-state index < -0.39 is 6.08 Å². The summed E-state index contributed by atoms with van der Waals surface area (Å²) < 4.78 is 28.9. The number of hydrogen-bond donors (Lipinski definition) is 0. The lowest BCUT2D eigenvalue weighted by molar-refractivity contribution is 0.418. The Kier molecular flexibility index (Phi) is 3.56. The molecule has 1 heterocycles. The molecule has 84 valence electrons. The summed E-state index contributed by atoms with van der Waals surface area (Å²) in [4.78, 5) is 4.22. The predicted molar refractivity (Wildman–Crippen MR) is 59.6 cm³/mol. The zero-order valence-electron chi connectivity index (χ0n) is 8.32. The van der Waals surface area contributed by atoms with Crippen molar-refractivity contribution >= 4 is 22.9 Å². The summed E-state index contributed by atoms with van der Waals surface area (Å²) in [5, 5.41) is 0.522. The van der Waals surface area contributed by atoms with Crippen molar-refractivity contribution in [2.45, 2.75) is 11.6 Å². The summed E-state index contributed by atoms with van der Waals surface area (Å²) in [6.45, 7) is 0. The Labute approximate surface area is 95.4 Å². The normalized spacial score (nSPS) is 10.6. The molecule has 1 aromatic carbocycles. The third kappa shape index (κ3) is 2.82. The van der Waals surface area contributed by atoms with Gasteiger partial charge in [-0.1, -0.05) is 23.9 Å². The molecule has 0 radical (unpaired) electrons. The maximum absolute atomic E-state index is 11.7. The number of allylic oxidation sites excluding steroid dienone is 1. The molecule has 2 nitrogen and oxygen atoms in total. The highest BCUT2D eigenvalue weighted by molar-refractivity contribution is 7.99. The van der Waals surface area contributed by atoms with Crippen LogP contribution in [-0.4, -0.2) is 10.7 Å². The minimum Gasteiger partial charge on any atom is -0.431 e. The summed E-state index contributed by atoms with van der Waals surface area (Å²) in [6.07, 6.45) is -0.431. The second-order valence-corrected chi connectivity index (χ2v) is 4.12. The first-order valence-electron chi connectivity index (χ1n) is 4.75. The fourth-order valence-corrected chi connectivity index (χ4v) is 1.95. The van der Waals surface area contributed by atoms with Crippen LogP contribution in [-0.2, 0) is 0 Å². The molecule has 0 unspecified atom stereocenters. The Morgan fingerprint density at radius 1 is 1.38 bits per heavy atom. The monoisotopic (exact) mass is 241 g/mol. The van der Waals surface area contributed by atoms with Crippen molar-refractivity contribution in [3.63, 3.8) is 0 Å². The van der Waals surface area contributed by atoms with Crippen LogP contribution in [0.1, 0.15) is 6.42 Å². The molecule has 0 atom stereocenters. The molecule has 0 aliphatic carbocycles. The van der Waals surface area contributed by atoms with Crippen LogP contribution in [0.15, 0.2) is 46.1 Å². The molecule has 0 saturated carbocycles. The number of oxazole rings is 1. The first-order valence-corrected chi connectivity index (χ1v) is 5.74. The highest BCUT2D eigenvalue weighted by atomic mass is 32.2. The van der Waals surface area contributed by atoms with Crippen LogP contribution in [0.4, 0.5) is 8.78 Å². The minimum absolute atomic E-state index is 0.311. The lowest BCUT2D eigenvalue weighted by Crippen LogP contribution is -1.76. The van der Waals surface area contributed by atoms with Crippen LogP contribution in [0.3, 0.4) is 0 Å². The van der Waals surface area contributed by atoms with E-state index in [-0.39, 0.29) is 0 Å². The largest absolute Gasteiger partial charge is 0.431 e. The van der Waals surface area contributed by atoms with Gasteiger partial charge in [-0.2, -0.15) is 8.78 Å². The summed E-state index contributed by atoms with van der Waals surface area (Å²) in [5.74, 6) is 0.532. The highest BCUT2D eigenvalue weighted by Crippen LogP contribution is 2.23. The van der Waals surface area contributed by atoms with Gasteiger partial charge in [0.15, 0.2) is 5.58 Å². The lowest BCUT2D eigenvalue weighted by Gasteiger charge is -1.90. The van der Waals surface area contributed by atoms with Gasteiger partial charge >= 0.3 is 0 Å². The number of aromatic nitrogens is 1. The van der Waals surface area contributed by atoms with Gasteiger partial charge in [-0.3, -0.25) is 0 Å². The molecule has 0 saturated heterocycles. The number of halogens is 2. The van der Waals surface area contributed by atoms with E-state index in [0.717, 1.165) is 17.2 Å². The molecule has 0 aliphatic heterocycles. The minimum atomic E-state index is -1.64. The molecule has 0 aliphatic rings. The molecule has 2 rings (SSSR count). The average Bonchev–Trinajstić information content (AvgIpc) is 2.66. The van der Waals surface area contributed by atoms with Gasteiger partial charge < -0.3 is 4.42 Å². The van der Waals surface area contributed by atoms with E-state index in [4.69, 9.17) is 4.42 Å². The van der Waals surface area contributed by atoms with Gasteiger partial charge in [0, 0.05) is 5.75 Å². The Bertz CT molecular complexity index is 472.